The lowest BCUT2D eigenvalue weighted by atomic mass is 9.87. The van der Waals surface area contributed by atoms with E-state index in [1.54, 1.807) is 6.21 Å². The van der Waals surface area contributed by atoms with Gasteiger partial charge >= 0.3 is 0 Å². The monoisotopic (exact) mass is 395 g/mol. The molecule has 1 aliphatic rings. The van der Waals surface area contributed by atoms with E-state index in [0.717, 1.165) is 37.6 Å². The molecule has 0 spiro atoms. The summed E-state index contributed by atoms with van der Waals surface area (Å²) in [5.74, 6) is -0.242. The molecule has 3 rings (SSSR count). The average molecular weight is 396 g/mol. The van der Waals surface area contributed by atoms with Gasteiger partial charge in [0.25, 0.3) is 5.91 Å². The number of morpholine rings is 1. The molecule has 0 bridgehead atoms. The number of amides is 1. The van der Waals surface area contributed by atoms with Gasteiger partial charge in [-0.15, -0.1) is 0 Å². The largest absolute Gasteiger partial charge is 0.386 e. The summed E-state index contributed by atoms with van der Waals surface area (Å²) in [5.41, 5.74) is 4.13. The normalized spacial score (nSPS) is 14.8. The first-order valence-electron chi connectivity index (χ1n) is 9.90. The van der Waals surface area contributed by atoms with Gasteiger partial charge in [0.2, 0.25) is 0 Å². The Morgan fingerprint density at radius 2 is 1.76 bits per heavy atom. The second-order valence-electron chi connectivity index (χ2n) is 8.07. The summed E-state index contributed by atoms with van der Waals surface area (Å²) < 4.78 is 5.37. The van der Waals surface area contributed by atoms with E-state index >= 15 is 0 Å². The molecular formula is C23H29N3O3. The Morgan fingerprint density at radius 3 is 2.38 bits per heavy atom. The highest BCUT2D eigenvalue weighted by molar-refractivity contribution is 5.91. The first-order chi connectivity index (χ1) is 13.9. The van der Waals surface area contributed by atoms with Crippen molar-refractivity contribution in [3.8, 4) is 0 Å². The number of hydrogen-bond donors (Lipinski definition) is 1. The lowest BCUT2D eigenvalue weighted by Gasteiger charge is -2.28. The first kappa shape index (κ1) is 20.9. The fourth-order valence-corrected chi connectivity index (χ4v) is 3.04. The number of hydrogen-bond acceptors (Lipinski definition) is 5. The third-order valence-corrected chi connectivity index (χ3v) is 4.78. The number of carbonyl (C=O) groups is 1. The fraction of sp³-hybridized carbons (Fsp3) is 0.391. The number of anilines is 2. The van der Waals surface area contributed by atoms with E-state index in [9.17, 15) is 4.79 Å². The van der Waals surface area contributed by atoms with Crippen LogP contribution < -0.4 is 10.2 Å². The van der Waals surface area contributed by atoms with Crippen LogP contribution in [0, 0.1) is 0 Å². The molecule has 1 N–H and O–H groups in total. The molecule has 1 fully saturated rings. The zero-order valence-corrected chi connectivity index (χ0v) is 17.4. The molecular weight excluding hydrogens is 366 g/mol. The summed E-state index contributed by atoms with van der Waals surface area (Å²) in [5, 5.41) is 6.70. The van der Waals surface area contributed by atoms with Crippen LogP contribution in [0.3, 0.4) is 0 Å². The van der Waals surface area contributed by atoms with E-state index < -0.39 is 0 Å². The van der Waals surface area contributed by atoms with E-state index in [-0.39, 0.29) is 17.9 Å². The highest BCUT2D eigenvalue weighted by Crippen LogP contribution is 2.23. The molecule has 1 saturated heterocycles. The average Bonchev–Trinajstić information content (AvgIpc) is 2.72. The van der Waals surface area contributed by atoms with Gasteiger partial charge in [0.1, 0.15) is 0 Å². The standard InChI is InChI=1S/C23H29N3O3/c1-23(2,3)19-6-8-20(9-7-19)25-22(27)17-29-24-16-18-4-10-21(11-5-18)26-12-14-28-15-13-26/h4-11,16H,12-15,17H2,1-3H3,(H,25,27)/b24-16+. The first-order valence-corrected chi connectivity index (χ1v) is 9.90. The molecule has 0 atom stereocenters. The molecule has 1 aliphatic heterocycles. The van der Waals surface area contributed by atoms with Crippen molar-refractivity contribution in [3.05, 3.63) is 59.7 Å². The topological polar surface area (TPSA) is 63.2 Å². The maximum atomic E-state index is 12.0. The van der Waals surface area contributed by atoms with Crippen LogP contribution in [0.25, 0.3) is 0 Å². The molecule has 0 aliphatic carbocycles. The quantitative estimate of drug-likeness (QED) is 0.597. The van der Waals surface area contributed by atoms with Crippen LogP contribution in [-0.2, 0) is 19.8 Å². The minimum atomic E-state index is -0.242. The van der Waals surface area contributed by atoms with Gasteiger partial charge in [0, 0.05) is 24.5 Å². The van der Waals surface area contributed by atoms with Crippen molar-refractivity contribution in [3.63, 3.8) is 0 Å². The second kappa shape index (κ2) is 9.56. The number of nitrogens with zero attached hydrogens (tertiary/aromatic N) is 2. The van der Waals surface area contributed by atoms with E-state index in [1.807, 2.05) is 36.4 Å². The van der Waals surface area contributed by atoms with Crippen molar-refractivity contribution in [2.45, 2.75) is 26.2 Å². The van der Waals surface area contributed by atoms with Crippen LogP contribution in [0.5, 0.6) is 0 Å². The van der Waals surface area contributed by atoms with Gasteiger partial charge in [-0.05, 0) is 40.8 Å². The Bertz CT molecular complexity index is 818. The van der Waals surface area contributed by atoms with Crippen molar-refractivity contribution >= 4 is 23.5 Å². The van der Waals surface area contributed by atoms with Gasteiger partial charge in [0.15, 0.2) is 6.61 Å². The second-order valence-corrected chi connectivity index (χ2v) is 8.07. The number of oxime groups is 1. The minimum Gasteiger partial charge on any atom is -0.386 e. The Balaban J connectivity index is 1.43. The molecule has 154 valence electrons. The predicted molar refractivity (Wildman–Crippen MR) is 117 cm³/mol. The van der Waals surface area contributed by atoms with Crippen LogP contribution in [-0.4, -0.2) is 45.0 Å². The predicted octanol–water partition coefficient (Wildman–Crippen LogP) is 3.81. The number of carbonyl (C=O) groups excluding carboxylic acids is 1. The number of rotatable bonds is 6. The number of nitrogens with one attached hydrogen (secondary N) is 1. The van der Waals surface area contributed by atoms with Gasteiger partial charge in [-0.3, -0.25) is 4.79 Å². The van der Waals surface area contributed by atoms with Crippen molar-refractivity contribution in [2.75, 3.05) is 43.1 Å². The van der Waals surface area contributed by atoms with E-state index in [0.29, 0.717) is 0 Å². The van der Waals surface area contributed by atoms with Crippen LogP contribution >= 0.6 is 0 Å². The Kier molecular flexibility index (Phi) is 6.88. The van der Waals surface area contributed by atoms with Crippen molar-refractivity contribution in [1.29, 1.82) is 0 Å². The molecule has 0 unspecified atom stereocenters. The molecule has 1 heterocycles. The van der Waals surface area contributed by atoms with Crippen molar-refractivity contribution in [2.24, 2.45) is 5.16 Å². The molecule has 29 heavy (non-hydrogen) atoms. The van der Waals surface area contributed by atoms with Gasteiger partial charge in [-0.2, -0.15) is 0 Å². The smallest absolute Gasteiger partial charge is 0.265 e. The Morgan fingerprint density at radius 1 is 1.10 bits per heavy atom. The summed E-state index contributed by atoms with van der Waals surface area (Å²) in [6, 6.07) is 15.9. The van der Waals surface area contributed by atoms with Crippen LogP contribution in [0.4, 0.5) is 11.4 Å². The molecule has 6 nitrogen and oxygen atoms in total. The van der Waals surface area contributed by atoms with Crippen molar-refractivity contribution in [1.82, 2.24) is 0 Å². The summed E-state index contributed by atoms with van der Waals surface area (Å²) in [4.78, 5) is 19.4. The Labute approximate surface area is 172 Å². The minimum absolute atomic E-state index is 0.0841. The lowest BCUT2D eigenvalue weighted by Crippen LogP contribution is -2.36. The third-order valence-electron chi connectivity index (χ3n) is 4.78. The van der Waals surface area contributed by atoms with Gasteiger partial charge in [-0.1, -0.05) is 50.2 Å². The van der Waals surface area contributed by atoms with Gasteiger partial charge in [-0.25, -0.2) is 0 Å². The van der Waals surface area contributed by atoms with E-state index in [1.165, 1.54) is 11.3 Å². The van der Waals surface area contributed by atoms with E-state index in [4.69, 9.17) is 9.57 Å². The highest BCUT2D eigenvalue weighted by atomic mass is 16.6. The van der Waals surface area contributed by atoms with Crippen LogP contribution in [0.1, 0.15) is 31.9 Å². The van der Waals surface area contributed by atoms with Crippen LogP contribution in [0.15, 0.2) is 53.7 Å². The molecule has 0 aromatic heterocycles. The molecule has 6 heteroatoms. The SMILES string of the molecule is CC(C)(C)c1ccc(NC(=O)CO/N=C/c2ccc(N3CCOCC3)cc2)cc1. The van der Waals surface area contributed by atoms with Crippen LogP contribution in [0.2, 0.25) is 0 Å². The van der Waals surface area contributed by atoms with Crippen molar-refractivity contribution < 1.29 is 14.4 Å². The maximum Gasteiger partial charge on any atom is 0.265 e. The molecule has 0 saturated carbocycles. The molecule has 2 aromatic rings. The zero-order chi connectivity index (χ0) is 20.7. The number of benzene rings is 2. The molecule has 2 aromatic carbocycles. The number of ether oxygens (including phenoxy) is 1. The molecule has 0 radical (unpaired) electrons. The zero-order valence-electron chi connectivity index (χ0n) is 17.4. The summed E-state index contributed by atoms with van der Waals surface area (Å²) >= 11 is 0. The summed E-state index contributed by atoms with van der Waals surface area (Å²) in [7, 11) is 0. The fourth-order valence-electron chi connectivity index (χ4n) is 3.04. The van der Waals surface area contributed by atoms with Gasteiger partial charge in [0.05, 0.1) is 19.4 Å². The van der Waals surface area contributed by atoms with Gasteiger partial charge < -0.3 is 19.8 Å². The third kappa shape index (κ3) is 6.32. The lowest BCUT2D eigenvalue weighted by molar-refractivity contribution is -0.120. The maximum absolute atomic E-state index is 12.0. The Hall–Kier alpha value is -2.86. The summed E-state index contributed by atoms with van der Waals surface area (Å²) in [6.07, 6.45) is 1.61. The molecule has 1 amide bonds. The highest BCUT2D eigenvalue weighted by Gasteiger charge is 2.13. The van der Waals surface area contributed by atoms with E-state index in [2.05, 4.69) is 48.3 Å². The summed E-state index contributed by atoms with van der Waals surface area (Å²) in [6.45, 7) is 9.67.